The minimum atomic E-state index is 0.403. The minimum absolute atomic E-state index is 0.403. The molecular weight excluding hydrogens is 284 g/mol. The van der Waals surface area contributed by atoms with E-state index in [4.69, 9.17) is 4.74 Å². The van der Waals surface area contributed by atoms with Crippen molar-refractivity contribution in [2.24, 2.45) is 5.92 Å². The van der Waals surface area contributed by atoms with Crippen LogP contribution in [0.25, 0.3) is 0 Å². The van der Waals surface area contributed by atoms with Gasteiger partial charge in [0.05, 0.1) is 12.7 Å². The Bertz CT molecular complexity index is 458. The zero-order valence-corrected chi connectivity index (χ0v) is 14.7. The van der Waals surface area contributed by atoms with Crippen molar-refractivity contribution in [3.63, 3.8) is 0 Å². The molecule has 0 amide bonds. The lowest BCUT2D eigenvalue weighted by Crippen LogP contribution is -2.59. The molecule has 3 heteroatoms. The van der Waals surface area contributed by atoms with E-state index in [1.54, 1.807) is 0 Å². The van der Waals surface area contributed by atoms with E-state index in [0.29, 0.717) is 18.2 Å². The molecular formula is C20H32N2O. The van der Waals surface area contributed by atoms with Crippen LogP contribution in [0.3, 0.4) is 0 Å². The van der Waals surface area contributed by atoms with Gasteiger partial charge in [-0.15, -0.1) is 0 Å². The third-order valence-electron chi connectivity index (χ3n) is 5.49. The number of morpholine rings is 1. The van der Waals surface area contributed by atoms with E-state index in [0.717, 1.165) is 25.5 Å². The van der Waals surface area contributed by atoms with Crippen molar-refractivity contribution in [3.8, 4) is 0 Å². The third-order valence-corrected chi connectivity index (χ3v) is 5.49. The van der Waals surface area contributed by atoms with Crippen LogP contribution in [-0.2, 0) is 11.2 Å². The molecule has 0 spiro atoms. The van der Waals surface area contributed by atoms with Gasteiger partial charge in [-0.2, -0.15) is 0 Å². The predicted molar refractivity (Wildman–Crippen MR) is 95.2 cm³/mol. The van der Waals surface area contributed by atoms with Crippen molar-refractivity contribution in [2.45, 2.75) is 70.6 Å². The highest BCUT2D eigenvalue weighted by Crippen LogP contribution is 2.32. The van der Waals surface area contributed by atoms with Crippen LogP contribution in [0.2, 0.25) is 0 Å². The molecule has 2 aliphatic rings. The lowest BCUT2D eigenvalue weighted by molar-refractivity contribution is -0.117. The molecule has 1 aromatic carbocycles. The van der Waals surface area contributed by atoms with Gasteiger partial charge in [0.1, 0.15) is 0 Å². The summed E-state index contributed by atoms with van der Waals surface area (Å²) < 4.78 is 6.18. The zero-order valence-electron chi connectivity index (χ0n) is 14.7. The van der Waals surface area contributed by atoms with Crippen molar-refractivity contribution in [3.05, 3.63) is 35.9 Å². The van der Waals surface area contributed by atoms with E-state index in [2.05, 4.69) is 54.6 Å². The van der Waals surface area contributed by atoms with Crippen molar-refractivity contribution < 1.29 is 4.74 Å². The molecule has 1 N–H and O–H groups in total. The van der Waals surface area contributed by atoms with Gasteiger partial charge in [0.15, 0.2) is 0 Å². The normalized spacial score (nSPS) is 28.6. The predicted octanol–water partition coefficient (Wildman–Crippen LogP) is 3.79. The average molecular weight is 316 g/mol. The van der Waals surface area contributed by atoms with Gasteiger partial charge in [-0.05, 0) is 44.6 Å². The molecule has 1 saturated heterocycles. The summed E-state index contributed by atoms with van der Waals surface area (Å²) in [5, 5.41) is 2.44. The Morgan fingerprint density at radius 2 is 1.91 bits per heavy atom. The molecule has 1 heterocycles. The van der Waals surface area contributed by atoms with Crippen molar-refractivity contribution >= 4 is 0 Å². The standard InChI is InChI=1S/C20H32N2O/c1-16(15-18-9-5-3-6-10-18)21-22-13-14-23-20(17(22)2)19-11-7-4-8-12-19/h3,5-6,9-10,16-17,19-21H,4,7-8,11-15H2,1-2H3. The second-order valence-electron chi connectivity index (χ2n) is 7.39. The summed E-state index contributed by atoms with van der Waals surface area (Å²) in [6.07, 6.45) is 8.35. The molecule has 3 nitrogen and oxygen atoms in total. The maximum absolute atomic E-state index is 6.18. The van der Waals surface area contributed by atoms with Gasteiger partial charge in [0, 0.05) is 18.6 Å². The average Bonchev–Trinajstić information content (AvgIpc) is 2.58. The lowest BCUT2D eigenvalue weighted by atomic mass is 9.82. The van der Waals surface area contributed by atoms with E-state index in [-0.39, 0.29) is 0 Å². The molecule has 2 fully saturated rings. The first kappa shape index (κ1) is 16.9. The summed E-state index contributed by atoms with van der Waals surface area (Å²) in [5.41, 5.74) is 5.14. The number of nitrogens with zero attached hydrogens (tertiary/aromatic N) is 1. The van der Waals surface area contributed by atoms with Gasteiger partial charge < -0.3 is 4.74 Å². The summed E-state index contributed by atoms with van der Waals surface area (Å²) in [4.78, 5) is 0. The van der Waals surface area contributed by atoms with Crippen LogP contribution in [0.1, 0.15) is 51.5 Å². The number of benzene rings is 1. The molecule has 1 aliphatic carbocycles. The third kappa shape index (κ3) is 4.56. The number of nitrogens with one attached hydrogen (secondary N) is 1. The molecule has 23 heavy (non-hydrogen) atoms. The molecule has 1 saturated carbocycles. The Kier molecular flexibility index (Phi) is 6.09. The van der Waals surface area contributed by atoms with Crippen LogP contribution in [0.5, 0.6) is 0 Å². The molecule has 128 valence electrons. The molecule has 0 bridgehead atoms. The second-order valence-corrected chi connectivity index (χ2v) is 7.39. The van der Waals surface area contributed by atoms with Crippen molar-refractivity contribution in [2.75, 3.05) is 13.2 Å². The maximum atomic E-state index is 6.18. The Labute approximate surface area is 141 Å². The Morgan fingerprint density at radius 1 is 1.17 bits per heavy atom. The van der Waals surface area contributed by atoms with E-state index >= 15 is 0 Å². The number of hydrogen-bond acceptors (Lipinski definition) is 3. The lowest BCUT2D eigenvalue weighted by Gasteiger charge is -2.44. The number of rotatable bonds is 5. The van der Waals surface area contributed by atoms with E-state index < -0.39 is 0 Å². The van der Waals surface area contributed by atoms with Gasteiger partial charge in [0.25, 0.3) is 0 Å². The number of hydrogen-bond donors (Lipinski definition) is 1. The first-order valence-corrected chi connectivity index (χ1v) is 9.42. The highest BCUT2D eigenvalue weighted by molar-refractivity contribution is 5.15. The van der Waals surface area contributed by atoms with Crippen LogP contribution < -0.4 is 5.43 Å². The Morgan fingerprint density at radius 3 is 2.65 bits per heavy atom. The maximum Gasteiger partial charge on any atom is 0.0770 e. The van der Waals surface area contributed by atoms with E-state index in [1.807, 2.05) is 0 Å². The second kappa shape index (κ2) is 8.27. The summed E-state index contributed by atoms with van der Waals surface area (Å²) >= 11 is 0. The van der Waals surface area contributed by atoms with Crippen molar-refractivity contribution in [1.29, 1.82) is 0 Å². The van der Waals surface area contributed by atoms with E-state index in [9.17, 15) is 0 Å². The molecule has 1 aliphatic heterocycles. The van der Waals surface area contributed by atoms with Gasteiger partial charge >= 0.3 is 0 Å². The van der Waals surface area contributed by atoms with Crippen molar-refractivity contribution in [1.82, 2.24) is 10.4 Å². The Hall–Kier alpha value is -0.900. The Balaban J connectivity index is 1.54. The van der Waals surface area contributed by atoms with Gasteiger partial charge in [0.2, 0.25) is 0 Å². The highest BCUT2D eigenvalue weighted by Gasteiger charge is 2.35. The largest absolute Gasteiger partial charge is 0.375 e. The van der Waals surface area contributed by atoms with Gasteiger partial charge in [-0.25, -0.2) is 5.01 Å². The fraction of sp³-hybridized carbons (Fsp3) is 0.700. The first-order chi connectivity index (χ1) is 11.2. The summed E-state index contributed by atoms with van der Waals surface area (Å²) in [6, 6.07) is 11.7. The summed E-state index contributed by atoms with van der Waals surface area (Å²) in [5.74, 6) is 0.757. The smallest absolute Gasteiger partial charge is 0.0770 e. The quantitative estimate of drug-likeness (QED) is 0.894. The molecule has 3 rings (SSSR count). The minimum Gasteiger partial charge on any atom is -0.375 e. The van der Waals surface area contributed by atoms with Gasteiger partial charge in [-0.1, -0.05) is 49.6 Å². The zero-order chi connectivity index (χ0) is 16.1. The van der Waals surface area contributed by atoms with Crippen LogP contribution in [0.4, 0.5) is 0 Å². The molecule has 3 atom stereocenters. The van der Waals surface area contributed by atoms with Crippen LogP contribution >= 0.6 is 0 Å². The topological polar surface area (TPSA) is 24.5 Å². The molecule has 0 aromatic heterocycles. The first-order valence-electron chi connectivity index (χ1n) is 9.42. The summed E-state index contributed by atoms with van der Waals surface area (Å²) in [7, 11) is 0. The van der Waals surface area contributed by atoms with E-state index in [1.165, 1.54) is 37.7 Å². The number of ether oxygens (including phenoxy) is 1. The van der Waals surface area contributed by atoms with Crippen LogP contribution in [0, 0.1) is 5.92 Å². The molecule has 0 radical (unpaired) electrons. The van der Waals surface area contributed by atoms with Crippen LogP contribution in [0.15, 0.2) is 30.3 Å². The van der Waals surface area contributed by atoms with Crippen LogP contribution in [-0.4, -0.2) is 36.3 Å². The molecule has 1 aromatic rings. The fourth-order valence-corrected chi connectivity index (χ4v) is 4.28. The monoisotopic (exact) mass is 316 g/mol. The number of hydrazine groups is 1. The summed E-state index contributed by atoms with van der Waals surface area (Å²) in [6.45, 7) is 6.46. The fourth-order valence-electron chi connectivity index (χ4n) is 4.28. The SMILES string of the molecule is CC(Cc1ccccc1)NN1CCOC(C2CCCCC2)C1C. The van der Waals surface area contributed by atoms with Gasteiger partial charge in [-0.3, -0.25) is 5.43 Å². The molecule has 3 unspecified atom stereocenters. The highest BCUT2D eigenvalue weighted by atomic mass is 16.5.